The summed E-state index contributed by atoms with van der Waals surface area (Å²) in [6, 6.07) is 11.8. The number of nitrogens with zero attached hydrogens (tertiary/aromatic N) is 2. The van der Waals surface area contributed by atoms with Crippen LogP contribution in [0.25, 0.3) is 0 Å². The number of rotatable bonds is 9. The van der Waals surface area contributed by atoms with Crippen LogP contribution in [0.1, 0.15) is 32.4 Å². The Morgan fingerprint density at radius 3 is 2.31 bits per heavy atom. The molecule has 0 fully saturated rings. The van der Waals surface area contributed by atoms with Crippen LogP contribution in [0.4, 0.5) is 10.5 Å². The number of methoxy groups -OCH3 is 1. The number of nitrogens with one attached hydrogen (secondary N) is 2. The van der Waals surface area contributed by atoms with Crippen LogP contribution in [0.15, 0.2) is 48.5 Å². The molecule has 0 saturated carbocycles. The van der Waals surface area contributed by atoms with Crippen molar-refractivity contribution in [3.05, 3.63) is 54.1 Å². The van der Waals surface area contributed by atoms with Crippen molar-refractivity contribution in [2.45, 2.75) is 38.5 Å². The fraction of sp³-hybridized carbons (Fsp3) is 0.360. The number of carbonyl (C=O) groups is 3. The second-order valence-electron chi connectivity index (χ2n) is 8.68. The first-order valence-electron chi connectivity index (χ1n) is 11.0. The van der Waals surface area contributed by atoms with Gasteiger partial charge in [-0.2, -0.15) is 17.9 Å². The number of carbonyl (C=O) groups excluding carboxylic acids is 3. The van der Waals surface area contributed by atoms with Crippen molar-refractivity contribution in [3.8, 4) is 17.6 Å². The number of hydrogen-bond donors (Lipinski definition) is 4. The number of phenolic OH excluding ortho intramolecular Hbond substituents is 1. The highest BCUT2D eigenvalue weighted by Crippen LogP contribution is 2.31. The van der Waals surface area contributed by atoms with E-state index in [1.807, 2.05) is 6.07 Å². The second-order valence-corrected chi connectivity index (χ2v) is 9.05. The fourth-order valence-corrected chi connectivity index (χ4v) is 3.51. The highest BCUT2D eigenvalue weighted by molar-refractivity contribution is 7.80. The summed E-state index contributed by atoms with van der Waals surface area (Å²) < 4.78 is 10.3. The Labute approximate surface area is 215 Å². The van der Waals surface area contributed by atoms with Gasteiger partial charge in [-0.25, -0.2) is 4.79 Å². The van der Waals surface area contributed by atoms with E-state index in [0.29, 0.717) is 11.4 Å². The summed E-state index contributed by atoms with van der Waals surface area (Å²) in [4.78, 5) is 40.3. The van der Waals surface area contributed by atoms with E-state index in [2.05, 4.69) is 23.3 Å². The molecule has 0 aromatic heterocycles. The predicted octanol–water partition coefficient (Wildman–Crippen LogP) is 3.26. The summed E-state index contributed by atoms with van der Waals surface area (Å²) >= 11 is 4.17. The Morgan fingerprint density at radius 2 is 1.78 bits per heavy atom. The third kappa shape index (κ3) is 7.81. The van der Waals surface area contributed by atoms with Gasteiger partial charge in [-0.3, -0.25) is 9.59 Å². The lowest BCUT2D eigenvalue weighted by molar-refractivity contribution is -0.139. The maximum atomic E-state index is 13.5. The van der Waals surface area contributed by atoms with Crippen LogP contribution in [0, 0.1) is 11.3 Å². The van der Waals surface area contributed by atoms with Gasteiger partial charge in [0.2, 0.25) is 5.91 Å². The van der Waals surface area contributed by atoms with E-state index >= 15 is 0 Å². The van der Waals surface area contributed by atoms with Crippen LogP contribution in [0.3, 0.4) is 0 Å². The molecule has 0 aliphatic heterocycles. The molecule has 0 radical (unpaired) electrons. The van der Waals surface area contributed by atoms with Crippen molar-refractivity contribution in [2.24, 2.45) is 0 Å². The molecule has 0 heterocycles. The number of phenols is 1. The number of thiol groups is 1. The quantitative estimate of drug-likeness (QED) is 0.297. The van der Waals surface area contributed by atoms with Gasteiger partial charge in [-0.05, 0) is 51.1 Å². The van der Waals surface area contributed by atoms with Crippen molar-refractivity contribution >= 4 is 36.2 Å². The van der Waals surface area contributed by atoms with Crippen molar-refractivity contribution < 1.29 is 29.0 Å². The smallest absolute Gasteiger partial charge is 0.408 e. The number of benzene rings is 2. The fourth-order valence-electron chi connectivity index (χ4n) is 3.26. The van der Waals surface area contributed by atoms with Crippen LogP contribution in [0.5, 0.6) is 11.5 Å². The zero-order chi connectivity index (χ0) is 26.9. The van der Waals surface area contributed by atoms with Crippen molar-refractivity contribution in [2.75, 3.05) is 24.7 Å². The molecule has 0 saturated heterocycles. The van der Waals surface area contributed by atoms with E-state index in [1.165, 1.54) is 19.2 Å². The summed E-state index contributed by atoms with van der Waals surface area (Å²) in [5, 5.41) is 25.1. The van der Waals surface area contributed by atoms with E-state index in [9.17, 15) is 24.8 Å². The molecule has 2 unspecified atom stereocenters. The molecule has 0 aliphatic rings. The number of nitriles is 1. The first-order valence-corrected chi connectivity index (χ1v) is 11.6. The topological polar surface area (TPSA) is 141 Å². The number of ether oxygens (including phenoxy) is 2. The molecule has 2 aromatic carbocycles. The van der Waals surface area contributed by atoms with Gasteiger partial charge in [0.25, 0.3) is 5.91 Å². The van der Waals surface area contributed by atoms with Crippen LogP contribution in [-0.2, 0) is 14.3 Å². The number of amides is 3. The molecule has 11 heteroatoms. The highest BCUT2D eigenvalue weighted by atomic mass is 32.1. The maximum absolute atomic E-state index is 13.5. The first-order chi connectivity index (χ1) is 17.0. The Balaban J connectivity index is 2.44. The van der Waals surface area contributed by atoms with Crippen LogP contribution >= 0.6 is 12.6 Å². The number of anilines is 1. The summed E-state index contributed by atoms with van der Waals surface area (Å²) in [5.74, 6) is -1.23. The Kier molecular flexibility index (Phi) is 9.99. The molecular formula is C25H30N4O6S. The molecule has 0 spiro atoms. The minimum atomic E-state index is -1.40. The SMILES string of the molecule is COc1ccc(NC(=O)C(c2ccccc2O)N(CC#N)C(=O)C(CS)NC(=O)OC(C)(C)C)cc1. The molecule has 3 amide bonds. The van der Waals surface area contributed by atoms with Gasteiger partial charge in [0, 0.05) is 17.0 Å². The Morgan fingerprint density at radius 1 is 1.14 bits per heavy atom. The summed E-state index contributed by atoms with van der Waals surface area (Å²) in [5.41, 5.74) is -0.303. The number of para-hydroxylation sites is 1. The van der Waals surface area contributed by atoms with Gasteiger partial charge in [0.1, 0.15) is 35.7 Å². The van der Waals surface area contributed by atoms with Crippen molar-refractivity contribution in [1.29, 1.82) is 5.26 Å². The third-order valence-corrected chi connectivity index (χ3v) is 5.21. The van der Waals surface area contributed by atoms with E-state index in [4.69, 9.17) is 9.47 Å². The van der Waals surface area contributed by atoms with Crippen LogP contribution in [-0.4, -0.2) is 59.0 Å². The molecule has 0 bridgehead atoms. The molecule has 2 atom stereocenters. The lowest BCUT2D eigenvalue weighted by Gasteiger charge is -2.32. The van der Waals surface area contributed by atoms with Gasteiger partial charge < -0.3 is 30.1 Å². The predicted molar refractivity (Wildman–Crippen MR) is 137 cm³/mol. The van der Waals surface area contributed by atoms with E-state index < -0.39 is 42.1 Å². The Bertz CT molecular complexity index is 1110. The third-order valence-electron chi connectivity index (χ3n) is 4.84. The summed E-state index contributed by atoms with van der Waals surface area (Å²) in [6.07, 6.45) is -0.853. The Hall–Kier alpha value is -3.91. The lowest BCUT2D eigenvalue weighted by Crippen LogP contribution is -2.53. The van der Waals surface area contributed by atoms with E-state index in [-0.39, 0.29) is 17.1 Å². The van der Waals surface area contributed by atoms with Crippen LogP contribution in [0.2, 0.25) is 0 Å². The van der Waals surface area contributed by atoms with Gasteiger partial charge in [-0.1, -0.05) is 18.2 Å². The largest absolute Gasteiger partial charge is 0.508 e. The van der Waals surface area contributed by atoms with Crippen LogP contribution < -0.4 is 15.4 Å². The number of hydrogen-bond acceptors (Lipinski definition) is 8. The monoisotopic (exact) mass is 514 g/mol. The van der Waals surface area contributed by atoms with Gasteiger partial charge in [0.05, 0.1) is 13.2 Å². The number of alkyl carbamates (subject to hydrolysis) is 1. The molecule has 10 nitrogen and oxygen atoms in total. The van der Waals surface area contributed by atoms with E-state index in [0.717, 1.165) is 4.90 Å². The zero-order valence-electron chi connectivity index (χ0n) is 20.5. The first kappa shape index (κ1) is 28.3. The van der Waals surface area contributed by atoms with Crippen molar-refractivity contribution in [3.63, 3.8) is 0 Å². The van der Waals surface area contributed by atoms with Gasteiger partial charge in [-0.15, -0.1) is 0 Å². The standard InChI is InChI=1S/C25H30N4O6S/c1-25(2,3)35-24(33)28-19(15-36)23(32)29(14-13-26)21(18-7-5-6-8-20(18)30)22(31)27-16-9-11-17(34-4)12-10-16/h5-12,19,21,30,36H,14-15H2,1-4H3,(H,27,31)(H,28,33). The zero-order valence-corrected chi connectivity index (χ0v) is 21.4. The van der Waals surface area contributed by atoms with Crippen molar-refractivity contribution in [1.82, 2.24) is 10.2 Å². The minimum absolute atomic E-state index is 0.0993. The second kappa shape index (κ2) is 12.7. The average molecular weight is 515 g/mol. The van der Waals surface area contributed by atoms with Gasteiger partial charge >= 0.3 is 6.09 Å². The average Bonchev–Trinajstić information content (AvgIpc) is 2.82. The van der Waals surface area contributed by atoms with E-state index in [1.54, 1.807) is 57.2 Å². The molecular weight excluding hydrogens is 484 g/mol. The molecule has 36 heavy (non-hydrogen) atoms. The normalized spacial score (nSPS) is 12.4. The van der Waals surface area contributed by atoms with Gasteiger partial charge in [0.15, 0.2) is 0 Å². The highest BCUT2D eigenvalue weighted by Gasteiger charge is 2.37. The summed E-state index contributed by atoms with van der Waals surface area (Å²) in [7, 11) is 1.51. The molecule has 2 rings (SSSR count). The maximum Gasteiger partial charge on any atom is 0.408 e. The molecule has 2 aromatic rings. The molecule has 192 valence electrons. The molecule has 0 aliphatic carbocycles. The summed E-state index contributed by atoms with van der Waals surface area (Å²) in [6.45, 7) is 4.51. The minimum Gasteiger partial charge on any atom is -0.508 e. The molecule has 3 N–H and O–H groups in total. The number of aromatic hydroxyl groups is 1. The lowest BCUT2D eigenvalue weighted by atomic mass is 10.0.